The van der Waals surface area contributed by atoms with Crippen LogP contribution in [0.15, 0.2) is 11.1 Å². The van der Waals surface area contributed by atoms with Gasteiger partial charge in [0.25, 0.3) is 0 Å². The Morgan fingerprint density at radius 3 is 2.57 bits per heavy atom. The molecule has 0 rings (SSSR count). The van der Waals surface area contributed by atoms with Crippen LogP contribution in [0.5, 0.6) is 0 Å². The Labute approximate surface area is 102 Å². The van der Waals surface area contributed by atoms with Gasteiger partial charge in [0, 0.05) is 4.83 Å². The van der Waals surface area contributed by atoms with E-state index in [0.717, 1.165) is 0 Å². The van der Waals surface area contributed by atoms with Crippen molar-refractivity contribution in [2.24, 2.45) is 5.41 Å². The molecule has 0 aliphatic carbocycles. The van der Waals surface area contributed by atoms with Gasteiger partial charge >= 0.3 is 5.97 Å². The average molecular weight is 328 g/mol. The van der Waals surface area contributed by atoms with Crippen LogP contribution < -0.4 is 0 Å². The standard InChI is InChI=1S/C10H16Br2O2/c1-4-14-9(13)7-10(2,3)8(12)5-6-11/h5-6,8H,4,7H2,1-3H3/b6-5+. The van der Waals surface area contributed by atoms with E-state index in [9.17, 15) is 4.79 Å². The molecule has 0 aliphatic rings. The third kappa shape index (κ3) is 5.15. The summed E-state index contributed by atoms with van der Waals surface area (Å²) in [6, 6.07) is 0. The first kappa shape index (κ1) is 14.2. The predicted octanol–water partition coefficient (Wildman–Crippen LogP) is 3.64. The molecular formula is C10H16Br2O2. The van der Waals surface area contributed by atoms with E-state index in [-0.39, 0.29) is 16.2 Å². The highest BCUT2D eigenvalue weighted by Gasteiger charge is 2.28. The molecule has 0 aromatic rings. The van der Waals surface area contributed by atoms with Crippen LogP contribution >= 0.6 is 31.9 Å². The second-order valence-electron chi connectivity index (χ2n) is 3.69. The maximum atomic E-state index is 11.3. The van der Waals surface area contributed by atoms with Gasteiger partial charge in [-0.25, -0.2) is 0 Å². The molecule has 82 valence electrons. The largest absolute Gasteiger partial charge is 0.466 e. The number of ether oxygens (including phenoxy) is 1. The molecule has 0 aromatic heterocycles. The van der Waals surface area contributed by atoms with E-state index in [2.05, 4.69) is 31.9 Å². The number of alkyl halides is 1. The Kier molecular flexibility index (Phi) is 6.70. The first-order chi connectivity index (χ1) is 6.44. The molecule has 0 bridgehead atoms. The molecule has 0 saturated carbocycles. The maximum Gasteiger partial charge on any atom is 0.306 e. The molecule has 0 saturated heterocycles. The molecule has 0 aromatic carbocycles. The number of carbonyl (C=O) groups is 1. The minimum absolute atomic E-state index is 0.142. The lowest BCUT2D eigenvalue weighted by Crippen LogP contribution is -2.27. The van der Waals surface area contributed by atoms with Crippen LogP contribution in [-0.4, -0.2) is 17.4 Å². The lowest BCUT2D eigenvalue weighted by molar-refractivity contribution is -0.145. The molecule has 0 radical (unpaired) electrons. The van der Waals surface area contributed by atoms with Gasteiger partial charge in [-0.3, -0.25) is 4.79 Å². The van der Waals surface area contributed by atoms with Crippen molar-refractivity contribution in [3.63, 3.8) is 0 Å². The Morgan fingerprint density at radius 1 is 1.57 bits per heavy atom. The van der Waals surface area contributed by atoms with Gasteiger partial charge in [0.05, 0.1) is 13.0 Å². The fourth-order valence-electron chi connectivity index (χ4n) is 1.01. The van der Waals surface area contributed by atoms with Gasteiger partial charge in [0.15, 0.2) is 0 Å². The van der Waals surface area contributed by atoms with Crippen LogP contribution in [0.3, 0.4) is 0 Å². The number of allylic oxidation sites excluding steroid dienone is 1. The van der Waals surface area contributed by atoms with E-state index in [4.69, 9.17) is 4.74 Å². The Hall–Kier alpha value is 0.170. The third-order valence-electron chi connectivity index (χ3n) is 1.89. The van der Waals surface area contributed by atoms with Gasteiger partial charge in [-0.05, 0) is 17.3 Å². The maximum absolute atomic E-state index is 11.3. The number of hydrogen-bond donors (Lipinski definition) is 0. The lowest BCUT2D eigenvalue weighted by atomic mass is 9.86. The summed E-state index contributed by atoms with van der Waals surface area (Å²) >= 11 is 6.73. The van der Waals surface area contributed by atoms with Crippen LogP contribution in [0.4, 0.5) is 0 Å². The van der Waals surface area contributed by atoms with E-state index in [1.165, 1.54) is 0 Å². The van der Waals surface area contributed by atoms with Crippen molar-refractivity contribution >= 4 is 37.8 Å². The summed E-state index contributed by atoms with van der Waals surface area (Å²) in [7, 11) is 0. The van der Waals surface area contributed by atoms with Crippen molar-refractivity contribution in [1.82, 2.24) is 0 Å². The van der Waals surface area contributed by atoms with Gasteiger partial charge in [0.2, 0.25) is 0 Å². The third-order valence-corrected chi connectivity index (χ3v) is 3.74. The van der Waals surface area contributed by atoms with Crippen LogP contribution in [0.2, 0.25) is 0 Å². The van der Waals surface area contributed by atoms with Crippen LogP contribution in [0.25, 0.3) is 0 Å². The fourth-order valence-corrected chi connectivity index (χ4v) is 2.04. The number of rotatable bonds is 5. The average Bonchev–Trinajstić information content (AvgIpc) is 2.03. The molecule has 14 heavy (non-hydrogen) atoms. The van der Waals surface area contributed by atoms with Crippen LogP contribution in [0, 0.1) is 5.41 Å². The minimum Gasteiger partial charge on any atom is -0.466 e. The zero-order valence-corrected chi connectivity index (χ0v) is 11.9. The van der Waals surface area contributed by atoms with E-state index in [1.807, 2.05) is 26.8 Å². The Morgan fingerprint density at radius 2 is 2.14 bits per heavy atom. The number of hydrogen-bond acceptors (Lipinski definition) is 2. The summed E-state index contributed by atoms with van der Waals surface area (Å²) in [5, 5.41) is 0. The molecule has 0 amide bonds. The molecule has 1 atom stereocenters. The number of halogens is 2. The molecule has 0 heterocycles. The highest BCUT2D eigenvalue weighted by atomic mass is 79.9. The smallest absolute Gasteiger partial charge is 0.306 e. The van der Waals surface area contributed by atoms with E-state index < -0.39 is 0 Å². The summed E-state index contributed by atoms with van der Waals surface area (Å²) < 4.78 is 4.91. The number of esters is 1. The van der Waals surface area contributed by atoms with E-state index >= 15 is 0 Å². The lowest BCUT2D eigenvalue weighted by Gasteiger charge is -2.27. The van der Waals surface area contributed by atoms with Crippen LogP contribution in [-0.2, 0) is 9.53 Å². The number of carbonyl (C=O) groups excluding carboxylic acids is 1. The van der Waals surface area contributed by atoms with E-state index in [1.54, 1.807) is 4.99 Å². The quantitative estimate of drug-likeness (QED) is 0.569. The normalized spacial score (nSPS) is 14.4. The SMILES string of the molecule is CCOC(=O)CC(C)(C)C(Br)/C=C/Br. The van der Waals surface area contributed by atoms with Gasteiger partial charge in [0.1, 0.15) is 0 Å². The molecule has 0 aliphatic heterocycles. The summed E-state index contributed by atoms with van der Waals surface area (Å²) in [6.45, 7) is 6.30. The monoisotopic (exact) mass is 326 g/mol. The zero-order chi connectivity index (χ0) is 11.2. The molecule has 4 heteroatoms. The summed E-state index contributed by atoms with van der Waals surface area (Å²) in [4.78, 5) is 13.2. The second kappa shape index (κ2) is 6.62. The molecule has 0 fully saturated rings. The van der Waals surface area contributed by atoms with Crippen molar-refractivity contribution < 1.29 is 9.53 Å². The predicted molar refractivity (Wildman–Crippen MR) is 65.8 cm³/mol. The van der Waals surface area contributed by atoms with Crippen molar-refractivity contribution in [1.29, 1.82) is 0 Å². The zero-order valence-electron chi connectivity index (χ0n) is 8.72. The summed E-state index contributed by atoms with van der Waals surface area (Å²) in [5.41, 5.74) is -0.142. The van der Waals surface area contributed by atoms with Crippen LogP contribution in [0.1, 0.15) is 27.2 Å². The summed E-state index contributed by atoms with van der Waals surface area (Å²) in [5.74, 6) is -0.148. The molecular weight excluding hydrogens is 312 g/mol. The second-order valence-corrected chi connectivity index (χ2v) is 5.21. The van der Waals surface area contributed by atoms with Crippen molar-refractivity contribution in [2.45, 2.75) is 32.0 Å². The Balaban J connectivity index is 4.24. The Bertz CT molecular complexity index is 212. The molecule has 2 nitrogen and oxygen atoms in total. The molecule has 0 N–H and O–H groups in total. The first-order valence-electron chi connectivity index (χ1n) is 4.50. The topological polar surface area (TPSA) is 26.3 Å². The fraction of sp³-hybridized carbons (Fsp3) is 0.700. The molecule has 0 spiro atoms. The van der Waals surface area contributed by atoms with Gasteiger partial charge < -0.3 is 4.74 Å². The highest BCUT2D eigenvalue weighted by Crippen LogP contribution is 2.32. The van der Waals surface area contributed by atoms with Gasteiger partial charge in [-0.1, -0.05) is 51.8 Å². The van der Waals surface area contributed by atoms with Crippen molar-refractivity contribution in [3.8, 4) is 0 Å². The van der Waals surface area contributed by atoms with Gasteiger partial charge in [-0.2, -0.15) is 0 Å². The minimum atomic E-state index is -0.148. The highest BCUT2D eigenvalue weighted by molar-refractivity contribution is 9.11. The first-order valence-corrected chi connectivity index (χ1v) is 6.33. The molecule has 1 unspecified atom stereocenters. The summed E-state index contributed by atoms with van der Waals surface area (Å²) in [6.07, 6.45) is 2.37. The van der Waals surface area contributed by atoms with E-state index in [0.29, 0.717) is 13.0 Å². The van der Waals surface area contributed by atoms with Crippen molar-refractivity contribution in [3.05, 3.63) is 11.1 Å². The van der Waals surface area contributed by atoms with Crippen molar-refractivity contribution in [2.75, 3.05) is 6.61 Å². The van der Waals surface area contributed by atoms with Gasteiger partial charge in [-0.15, -0.1) is 0 Å².